The van der Waals surface area contributed by atoms with Crippen molar-refractivity contribution in [3.8, 4) is 11.5 Å². The number of nitrogens with zero attached hydrogens (tertiary/aromatic N) is 3. The second-order valence-corrected chi connectivity index (χ2v) is 6.05. The predicted octanol–water partition coefficient (Wildman–Crippen LogP) is 2.66. The number of benzene rings is 1. The molecule has 5 nitrogen and oxygen atoms in total. The Kier molecular flexibility index (Phi) is 7.03. The van der Waals surface area contributed by atoms with Crippen molar-refractivity contribution in [1.82, 2.24) is 14.8 Å². The van der Waals surface area contributed by atoms with Gasteiger partial charge in [0, 0.05) is 50.2 Å². The van der Waals surface area contributed by atoms with Crippen molar-refractivity contribution in [3.05, 3.63) is 53.9 Å². The number of hydrogen-bond donors (Lipinski definition) is 0. The van der Waals surface area contributed by atoms with E-state index in [4.69, 9.17) is 9.47 Å². The molecule has 0 fully saturated rings. The summed E-state index contributed by atoms with van der Waals surface area (Å²) in [5.41, 5.74) is 2.42. The molecule has 0 saturated carbocycles. The van der Waals surface area contributed by atoms with Gasteiger partial charge in [0.1, 0.15) is 11.5 Å². The summed E-state index contributed by atoms with van der Waals surface area (Å²) in [5, 5.41) is 0. The van der Waals surface area contributed by atoms with Crippen molar-refractivity contribution in [2.75, 3.05) is 41.4 Å². The molecular formula is C19H27N3O2. The van der Waals surface area contributed by atoms with Crippen molar-refractivity contribution < 1.29 is 9.47 Å². The van der Waals surface area contributed by atoms with Crippen LogP contribution in [0.25, 0.3) is 0 Å². The maximum Gasteiger partial charge on any atom is 0.127 e. The molecule has 0 unspecified atom stereocenters. The van der Waals surface area contributed by atoms with Crippen LogP contribution in [0.5, 0.6) is 11.5 Å². The minimum Gasteiger partial charge on any atom is -0.497 e. The number of methoxy groups -OCH3 is 2. The molecule has 0 bridgehead atoms. The summed E-state index contributed by atoms with van der Waals surface area (Å²) < 4.78 is 10.8. The standard InChI is InChI=1S/C19H27N3O2/c1-21(2)11-12-22(14-16-7-9-20-10-8-16)15-17-5-6-18(23-3)13-19(17)24-4/h5-10,13H,11-12,14-15H2,1-4H3. The van der Waals surface area contributed by atoms with E-state index < -0.39 is 0 Å². The molecule has 24 heavy (non-hydrogen) atoms. The number of hydrogen-bond acceptors (Lipinski definition) is 5. The van der Waals surface area contributed by atoms with Gasteiger partial charge in [0.25, 0.3) is 0 Å². The van der Waals surface area contributed by atoms with Crippen molar-refractivity contribution in [1.29, 1.82) is 0 Å². The smallest absolute Gasteiger partial charge is 0.127 e. The largest absolute Gasteiger partial charge is 0.497 e. The third-order valence-corrected chi connectivity index (χ3v) is 3.91. The zero-order chi connectivity index (χ0) is 17.4. The maximum absolute atomic E-state index is 5.54. The predicted molar refractivity (Wildman–Crippen MR) is 96.5 cm³/mol. The lowest BCUT2D eigenvalue weighted by molar-refractivity contribution is 0.223. The van der Waals surface area contributed by atoms with E-state index in [0.29, 0.717) is 0 Å². The van der Waals surface area contributed by atoms with Crippen LogP contribution in [0, 0.1) is 0 Å². The van der Waals surface area contributed by atoms with Crippen LogP contribution in [0.4, 0.5) is 0 Å². The van der Waals surface area contributed by atoms with Gasteiger partial charge in [0.15, 0.2) is 0 Å². The molecular weight excluding hydrogens is 302 g/mol. The molecule has 2 rings (SSSR count). The molecule has 0 aliphatic carbocycles. The fourth-order valence-electron chi connectivity index (χ4n) is 2.53. The number of pyridine rings is 1. The van der Waals surface area contributed by atoms with Crippen LogP contribution in [-0.4, -0.2) is 56.2 Å². The third-order valence-electron chi connectivity index (χ3n) is 3.91. The maximum atomic E-state index is 5.54. The molecule has 0 amide bonds. The Morgan fingerprint density at radius 2 is 1.67 bits per heavy atom. The van der Waals surface area contributed by atoms with Crippen molar-refractivity contribution in [2.24, 2.45) is 0 Å². The van der Waals surface area contributed by atoms with E-state index in [9.17, 15) is 0 Å². The van der Waals surface area contributed by atoms with Gasteiger partial charge in [-0.3, -0.25) is 9.88 Å². The van der Waals surface area contributed by atoms with E-state index in [0.717, 1.165) is 43.2 Å². The Morgan fingerprint density at radius 1 is 0.917 bits per heavy atom. The lowest BCUT2D eigenvalue weighted by atomic mass is 10.1. The summed E-state index contributed by atoms with van der Waals surface area (Å²) in [4.78, 5) is 8.71. The molecule has 0 radical (unpaired) electrons. The minimum atomic E-state index is 0.810. The summed E-state index contributed by atoms with van der Waals surface area (Å²) in [7, 11) is 7.56. The molecule has 0 saturated heterocycles. The SMILES string of the molecule is COc1ccc(CN(CCN(C)C)Cc2ccncc2)c(OC)c1. The first-order valence-electron chi connectivity index (χ1n) is 8.09. The molecule has 130 valence electrons. The number of ether oxygens (including phenoxy) is 2. The molecule has 0 atom stereocenters. The summed E-state index contributed by atoms with van der Waals surface area (Å²) >= 11 is 0. The van der Waals surface area contributed by atoms with Crippen LogP contribution in [0.15, 0.2) is 42.7 Å². The van der Waals surface area contributed by atoms with E-state index in [1.807, 2.05) is 24.5 Å². The zero-order valence-electron chi connectivity index (χ0n) is 15.0. The molecule has 0 N–H and O–H groups in total. The van der Waals surface area contributed by atoms with Gasteiger partial charge < -0.3 is 14.4 Å². The summed E-state index contributed by atoms with van der Waals surface area (Å²) in [6.07, 6.45) is 3.68. The van der Waals surface area contributed by atoms with E-state index in [1.165, 1.54) is 5.56 Å². The van der Waals surface area contributed by atoms with Crippen LogP contribution in [0.3, 0.4) is 0 Å². The van der Waals surface area contributed by atoms with Crippen LogP contribution >= 0.6 is 0 Å². The van der Waals surface area contributed by atoms with E-state index >= 15 is 0 Å². The minimum absolute atomic E-state index is 0.810. The third kappa shape index (κ3) is 5.51. The molecule has 0 spiro atoms. The highest BCUT2D eigenvalue weighted by Gasteiger charge is 2.12. The molecule has 1 aromatic carbocycles. The number of rotatable bonds is 9. The van der Waals surface area contributed by atoms with Crippen LogP contribution in [0.2, 0.25) is 0 Å². The van der Waals surface area contributed by atoms with Gasteiger partial charge in [-0.1, -0.05) is 6.07 Å². The fourth-order valence-corrected chi connectivity index (χ4v) is 2.53. The Labute approximate surface area is 144 Å². The molecule has 0 aliphatic rings. The van der Waals surface area contributed by atoms with Crippen molar-refractivity contribution >= 4 is 0 Å². The van der Waals surface area contributed by atoms with Gasteiger partial charge in [-0.05, 0) is 37.9 Å². The second kappa shape index (κ2) is 9.25. The summed E-state index contributed by atoms with van der Waals surface area (Å²) in [6, 6.07) is 10.1. The van der Waals surface area contributed by atoms with Gasteiger partial charge in [0.2, 0.25) is 0 Å². The summed E-state index contributed by atoms with van der Waals surface area (Å²) in [5.74, 6) is 1.67. The molecule has 1 heterocycles. The van der Waals surface area contributed by atoms with Gasteiger partial charge in [-0.2, -0.15) is 0 Å². The highest BCUT2D eigenvalue weighted by atomic mass is 16.5. The number of likely N-dealkylation sites (N-methyl/N-ethyl adjacent to an activating group) is 1. The monoisotopic (exact) mass is 329 g/mol. The lowest BCUT2D eigenvalue weighted by Crippen LogP contribution is -2.31. The number of aromatic nitrogens is 1. The van der Waals surface area contributed by atoms with Crippen LogP contribution in [0.1, 0.15) is 11.1 Å². The Hall–Kier alpha value is -2.11. The highest BCUT2D eigenvalue weighted by Crippen LogP contribution is 2.26. The highest BCUT2D eigenvalue weighted by molar-refractivity contribution is 5.40. The Bertz CT molecular complexity index is 617. The molecule has 1 aromatic heterocycles. The average Bonchev–Trinajstić information content (AvgIpc) is 2.60. The first-order chi connectivity index (χ1) is 11.6. The fraction of sp³-hybridized carbons (Fsp3) is 0.421. The zero-order valence-corrected chi connectivity index (χ0v) is 15.0. The average molecular weight is 329 g/mol. The van der Waals surface area contributed by atoms with Gasteiger partial charge in [0.05, 0.1) is 14.2 Å². The normalized spacial score (nSPS) is 11.1. The van der Waals surface area contributed by atoms with Gasteiger partial charge >= 0.3 is 0 Å². The molecule has 2 aromatic rings. The first-order valence-corrected chi connectivity index (χ1v) is 8.09. The lowest BCUT2D eigenvalue weighted by Gasteiger charge is -2.25. The van der Waals surface area contributed by atoms with Gasteiger partial charge in [-0.15, -0.1) is 0 Å². The summed E-state index contributed by atoms with van der Waals surface area (Å²) in [6.45, 7) is 3.68. The quantitative estimate of drug-likeness (QED) is 0.707. The van der Waals surface area contributed by atoms with E-state index in [-0.39, 0.29) is 0 Å². The van der Waals surface area contributed by atoms with Gasteiger partial charge in [-0.25, -0.2) is 0 Å². The Morgan fingerprint density at radius 3 is 2.29 bits per heavy atom. The first kappa shape index (κ1) is 18.2. The van der Waals surface area contributed by atoms with Crippen LogP contribution < -0.4 is 9.47 Å². The van der Waals surface area contributed by atoms with E-state index in [1.54, 1.807) is 14.2 Å². The second-order valence-electron chi connectivity index (χ2n) is 6.05. The topological polar surface area (TPSA) is 37.8 Å². The van der Waals surface area contributed by atoms with Crippen molar-refractivity contribution in [3.63, 3.8) is 0 Å². The van der Waals surface area contributed by atoms with Crippen molar-refractivity contribution in [2.45, 2.75) is 13.1 Å². The van der Waals surface area contributed by atoms with Crippen LogP contribution in [-0.2, 0) is 13.1 Å². The Balaban J connectivity index is 2.14. The van der Waals surface area contributed by atoms with E-state index in [2.05, 4.69) is 47.1 Å². The molecule has 5 heteroatoms. The molecule has 0 aliphatic heterocycles.